The molecule has 2 heterocycles. The lowest BCUT2D eigenvalue weighted by Gasteiger charge is -2.49. The lowest BCUT2D eigenvalue weighted by atomic mass is 9.57. The molecule has 2 bridgehead atoms. The van der Waals surface area contributed by atoms with E-state index in [1.54, 1.807) is 0 Å². The summed E-state index contributed by atoms with van der Waals surface area (Å²) < 4.78 is 6.43. The number of hydrogen-bond donors (Lipinski definition) is 3. The van der Waals surface area contributed by atoms with Gasteiger partial charge in [0.25, 0.3) is 0 Å². The summed E-state index contributed by atoms with van der Waals surface area (Å²) in [5, 5.41) is 33.1. The Balaban J connectivity index is 2.04. The lowest BCUT2D eigenvalue weighted by Crippen LogP contribution is -2.54. The predicted molar refractivity (Wildman–Crippen MR) is 93.5 cm³/mol. The monoisotopic (exact) mass is 340 g/mol. The van der Waals surface area contributed by atoms with Crippen LogP contribution in [0.1, 0.15) is 73.1 Å². The molecule has 1 saturated carbocycles. The first-order valence-electron chi connectivity index (χ1n) is 9.77. The Morgan fingerprint density at radius 1 is 0.958 bits per heavy atom. The van der Waals surface area contributed by atoms with Gasteiger partial charge in [0.2, 0.25) is 0 Å². The molecule has 0 aromatic carbocycles. The molecule has 0 radical (unpaired) electrons. The number of ether oxygens (including phenoxy) is 1. The Morgan fingerprint density at radius 3 is 2.25 bits per heavy atom. The third kappa shape index (κ3) is 3.15. The average molecular weight is 341 g/mol. The molecule has 2 aliphatic heterocycles. The number of hydrogen-bond acceptors (Lipinski definition) is 4. The van der Waals surface area contributed by atoms with Crippen LogP contribution in [-0.4, -0.2) is 44.3 Å². The third-order valence-electron chi connectivity index (χ3n) is 7.19. The van der Waals surface area contributed by atoms with Crippen molar-refractivity contribution in [1.29, 1.82) is 0 Å². The van der Waals surface area contributed by atoms with E-state index in [9.17, 15) is 15.3 Å². The Bertz CT molecular complexity index is 468. The molecule has 8 unspecified atom stereocenters. The highest BCUT2D eigenvalue weighted by molar-refractivity contribution is 5.10. The van der Waals surface area contributed by atoms with Gasteiger partial charge in [0.15, 0.2) is 0 Å². The van der Waals surface area contributed by atoms with Gasteiger partial charge in [-0.3, -0.25) is 0 Å². The largest absolute Gasteiger partial charge is 0.390 e. The van der Waals surface area contributed by atoms with Crippen LogP contribution >= 0.6 is 0 Å². The van der Waals surface area contributed by atoms with Gasteiger partial charge >= 0.3 is 0 Å². The second-order valence-corrected chi connectivity index (χ2v) is 9.91. The van der Waals surface area contributed by atoms with Crippen LogP contribution in [0, 0.1) is 23.7 Å². The summed E-state index contributed by atoms with van der Waals surface area (Å²) in [5.41, 5.74) is -2.50. The zero-order chi connectivity index (χ0) is 17.9. The SMILES string of the molecule is CC(C)C1CCC(C)(O)C2C3CC(C)(O)CCCC(C)(O)C(O3)C12. The first-order chi connectivity index (χ1) is 10.9. The second-order valence-electron chi connectivity index (χ2n) is 9.91. The number of rotatable bonds is 1. The summed E-state index contributed by atoms with van der Waals surface area (Å²) in [5.74, 6) is 1.08. The Labute approximate surface area is 146 Å². The highest BCUT2D eigenvalue weighted by Gasteiger charge is 2.62. The van der Waals surface area contributed by atoms with Crippen molar-refractivity contribution in [1.82, 2.24) is 0 Å². The summed E-state index contributed by atoms with van der Waals surface area (Å²) in [6.45, 7) is 10.2. The molecule has 2 saturated heterocycles. The Kier molecular flexibility index (Phi) is 4.61. The molecular weight excluding hydrogens is 304 g/mol. The van der Waals surface area contributed by atoms with Crippen LogP contribution in [0.4, 0.5) is 0 Å². The molecule has 0 aromatic heterocycles. The van der Waals surface area contributed by atoms with Crippen molar-refractivity contribution in [2.24, 2.45) is 23.7 Å². The number of aliphatic hydroxyl groups is 3. The van der Waals surface area contributed by atoms with Crippen molar-refractivity contribution in [3.63, 3.8) is 0 Å². The highest BCUT2D eigenvalue weighted by atomic mass is 16.5. The fourth-order valence-corrected chi connectivity index (χ4v) is 5.94. The molecule has 1 aliphatic carbocycles. The molecule has 3 rings (SSSR count). The second kappa shape index (κ2) is 5.94. The molecule has 3 fully saturated rings. The third-order valence-corrected chi connectivity index (χ3v) is 7.19. The zero-order valence-electron chi connectivity index (χ0n) is 16.0. The molecule has 0 aromatic rings. The van der Waals surface area contributed by atoms with E-state index in [0.717, 1.165) is 19.3 Å². The summed E-state index contributed by atoms with van der Waals surface area (Å²) >= 11 is 0. The van der Waals surface area contributed by atoms with E-state index in [1.165, 1.54) is 0 Å². The average Bonchev–Trinajstić information content (AvgIpc) is 2.78. The van der Waals surface area contributed by atoms with Crippen molar-refractivity contribution in [3.05, 3.63) is 0 Å². The quantitative estimate of drug-likeness (QED) is 0.686. The van der Waals surface area contributed by atoms with Crippen molar-refractivity contribution >= 4 is 0 Å². The van der Waals surface area contributed by atoms with Crippen LogP contribution in [0.5, 0.6) is 0 Å². The summed E-state index contributed by atoms with van der Waals surface area (Å²) in [6.07, 6.45) is 3.96. The smallest absolute Gasteiger partial charge is 0.0898 e. The minimum Gasteiger partial charge on any atom is -0.390 e. The Hall–Kier alpha value is -0.160. The summed E-state index contributed by atoms with van der Waals surface area (Å²) in [4.78, 5) is 0. The highest BCUT2D eigenvalue weighted by Crippen LogP contribution is 2.56. The van der Waals surface area contributed by atoms with Crippen molar-refractivity contribution in [2.45, 2.75) is 102 Å². The first kappa shape index (κ1) is 18.6. The van der Waals surface area contributed by atoms with Gasteiger partial charge in [0, 0.05) is 12.3 Å². The molecule has 4 heteroatoms. The van der Waals surface area contributed by atoms with E-state index in [0.29, 0.717) is 31.1 Å². The fourth-order valence-electron chi connectivity index (χ4n) is 5.94. The van der Waals surface area contributed by atoms with Crippen molar-refractivity contribution in [3.8, 4) is 0 Å². The minimum absolute atomic E-state index is 0.0142. The molecule has 8 atom stereocenters. The molecule has 0 spiro atoms. The molecular formula is C20H36O4. The van der Waals surface area contributed by atoms with Gasteiger partial charge in [0.1, 0.15) is 0 Å². The normalized spacial score (nSPS) is 55.6. The van der Waals surface area contributed by atoms with Crippen LogP contribution in [0.25, 0.3) is 0 Å². The lowest BCUT2D eigenvalue weighted by molar-refractivity contribution is -0.121. The van der Waals surface area contributed by atoms with Gasteiger partial charge in [-0.25, -0.2) is 0 Å². The zero-order valence-corrected chi connectivity index (χ0v) is 16.0. The van der Waals surface area contributed by atoms with Crippen LogP contribution in [-0.2, 0) is 4.74 Å². The van der Waals surface area contributed by atoms with E-state index >= 15 is 0 Å². The van der Waals surface area contributed by atoms with Crippen LogP contribution in [0.15, 0.2) is 0 Å². The van der Waals surface area contributed by atoms with Crippen molar-refractivity contribution in [2.75, 3.05) is 0 Å². The maximum Gasteiger partial charge on any atom is 0.0898 e. The molecule has 3 N–H and O–H groups in total. The van der Waals surface area contributed by atoms with Crippen LogP contribution in [0.2, 0.25) is 0 Å². The van der Waals surface area contributed by atoms with E-state index in [-0.39, 0.29) is 24.0 Å². The summed E-state index contributed by atoms with van der Waals surface area (Å²) in [7, 11) is 0. The standard InChI is InChI=1S/C20H36O4/c1-12(2)13-7-10-19(4,22)16-14-11-18(3,21)8-6-9-20(5,23)17(24-14)15(13)16/h12-17,21-23H,6-11H2,1-5H3. The molecule has 0 amide bonds. The number of fused-ring (bicyclic) bond motifs is 5. The topological polar surface area (TPSA) is 69.9 Å². The maximum absolute atomic E-state index is 11.2. The molecule has 140 valence electrons. The molecule has 24 heavy (non-hydrogen) atoms. The van der Waals surface area contributed by atoms with E-state index in [2.05, 4.69) is 13.8 Å². The van der Waals surface area contributed by atoms with Crippen LogP contribution in [0.3, 0.4) is 0 Å². The fraction of sp³-hybridized carbons (Fsp3) is 1.00. The van der Waals surface area contributed by atoms with E-state index in [4.69, 9.17) is 4.74 Å². The van der Waals surface area contributed by atoms with E-state index in [1.807, 2.05) is 20.8 Å². The van der Waals surface area contributed by atoms with Crippen molar-refractivity contribution < 1.29 is 20.1 Å². The van der Waals surface area contributed by atoms with E-state index < -0.39 is 16.8 Å². The van der Waals surface area contributed by atoms with Gasteiger partial charge in [-0.15, -0.1) is 0 Å². The maximum atomic E-state index is 11.2. The van der Waals surface area contributed by atoms with Gasteiger partial charge < -0.3 is 20.1 Å². The van der Waals surface area contributed by atoms with Gasteiger partial charge in [-0.2, -0.15) is 0 Å². The predicted octanol–water partition coefficient (Wildman–Crippen LogP) is 2.88. The summed E-state index contributed by atoms with van der Waals surface area (Å²) in [6, 6.07) is 0. The molecule has 3 aliphatic rings. The molecule has 4 nitrogen and oxygen atoms in total. The Morgan fingerprint density at radius 2 is 1.62 bits per heavy atom. The van der Waals surface area contributed by atoms with Gasteiger partial charge in [-0.05, 0) is 70.6 Å². The van der Waals surface area contributed by atoms with Gasteiger partial charge in [0.05, 0.1) is 29.0 Å². The van der Waals surface area contributed by atoms with Crippen LogP contribution < -0.4 is 0 Å². The minimum atomic E-state index is -0.904. The first-order valence-corrected chi connectivity index (χ1v) is 9.77. The van der Waals surface area contributed by atoms with Gasteiger partial charge in [-0.1, -0.05) is 13.8 Å².